The molecule has 3 rings (SSSR count). The molecule has 116 valence electrons. The molecule has 0 aliphatic carbocycles. The molecule has 2 N–H and O–H groups in total. The van der Waals surface area contributed by atoms with E-state index >= 15 is 0 Å². The number of aromatic amines is 1. The molecule has 0 aliphatic rings. The van der Waals surface area contributed by atoms with E-state index in [9.17, 15) is 4.79 Å². The van der Waals surface area contributed by atoms with Crippen molar-refractivity contribution in [3.8, 4) is 0 Å². The van der Waals surface area contributed by atoms with Crippen LogP contribution in [0.15, 0.2) is 48.8 Å². The number of pyridine rings is 1. The van der Waals surface area contributed by atoms with E-state index in [-0.39, 0.29) is 5.91 Å². The molecule has 0 bridgehead atoms. The third kappa shape index (κ3) is 3.76. The Hall–Kier alpha value is -3.09. The van der Waals surface area contributed by atoms with Gasteiger partial charge in [0, 0.05) is 18.1 Å². The van der Waals surface area contributed by atoms with E-state index in [1.54, 1.807) is 12.4 Å². The molecule has 2 aromatic heterocycles. The van der Waals surface area contributed by atoms with E-state index in [0.717, 1.165) is 16.8 Å². The number of tetrazole rings is 1. The van der Waals surface area contributed by atoms with Gasteiger partial charge in [-0.1, -0.05) is 17.3 Å². The zero-order valence-electron chi connectivity index (χ0n) is 12.6. The average Bonchev–Trinajstić information content (AvgIpc) is 3.07. The first-order valence-corrected chi connectivity index (χ1v) is 7.22. The van der Waals surface area contributed by atoms with Crippen molar-refractivity contribution in [3.05, 3.63) is 65.7 Å². The third-order valence-electron chi connectivity index (χ3n) is 3.46. The SMILES string of the molecule is Cc1cccc(NC(=O)[C@@H](Cc2ccncc2)c2nn[nH]n2)c1. The van der Waals surface area contributed by atoms with Crippen LogP contribution in [0, 0.1) is 6.92 Å². The van der Waals surface area contributed by atoms with E-state index in [2.05, 4.69) is 30.9 Å². The number of nitrogens with one attached hydrogen (secondary N) is 2. The van der Waals surface area contributed by atoms with Gasteiger partial charge < -0.3 is 5.32 Å². The first kappa shape index (κ1) is 14.8. The molecule has 0 radical (unpaired) electrons. The Morgan fingerprint density at radius 2 is 2.09 bits per heavy atom. The lowest BCUT2D eigenvalue weighted by Crippen LogP contribution is -2.24. The second-order valence-corrected chi connectivity index (χ2v) is 5.24. The van der Waals surface area contributed by atoms with Gasteiger partial charge in [-0.25, -0.2) is 0 Å². The van der Waals surface area contributed by atoms with Crippen LogP contribution >= 0.6 is 0 Å². The molecular formula is C16H16N6O. The summed E-state index contributed by atoms with van der Waals surface area (Å²) in [7, 11) is 0. The van der Waals surface area contributed by atoms with Gasteiger partial charge in [0.1, 0.15) is 5.92 Å². The lowest BCUT2D eigenvalue weighted by molar-refractivity contribution is -0.117. The number of carbonyl (C=O) groups is 1. The van der Waals surface area contributed by atoms with Gasteiger partial charge in [0.05, 0.1) is 0 Å². The lowest BCUT2D eigenvalue weighted by atomic mass is 9.98. The maximum absolute atomic E-state index is 12.7. The summed E-state index contributed by atoms with van der Waals surface area (Å²) in [5, 5.41) is 16.8. The quantitative estimate of drug-likeness (QED) is 0.750. The summed E-state index contributed by atoms with van der Waals surface area (Å²) < 4.78 is 0. The van der Waals surface area contributed by atoms with E-state index in [4.69, 9.17) is 0 Å². The topological polar surface area (TPSA) is 96.5 Å². The second-order valence-electron chi connectivity index (χ2n) is 5.24. The number of aryl methyl sites for hydroxylation is 1. The summed E-state index contributed by atoms with van der Waals surface area (Å²) in [5.41, 5.74) is 2.81. The number of anilines is 1. The minimum absolute atomic E-state index is 0.172. The average molecular weight is 308 g/mol. The third-order valence-corrected chi connectivity index (χ3v) is 3.46. The van der Waals surface area contributed by atoms with Crippen molar-refractivity contribution in [3.63, 3.8) is 0 Å². The number of hydrogen-bond donors (Lipinski definition) is 2. The van der Waals surface area contributed by atoms with Crippen LogP contribution in [0.2, 0.25) is 0 Å². The number of nitrogens with zero attached hydrogens (tertiary/aromatic N) is 4. The van der Waals surface area contributed by atoms with Crippen molar-refractivity contribution < 1.29 is 4.79 Å². The normalized spacial score (nSPS) is 11.9. The van der Waals surface area contributed by atoms with Gasteiger partial charge in [-0.2, -0.15) is 5.21 Å². The molecule has 0 saturated heterocycles. The molecule has 7 heteroatoms. The van der Waals surface area contributed by atoms with Crippen LogP contribution in [0.4, 0.5) is 5.69 Å². The molecule has 2 heterocycles. The molecule has 0 fully saturated rings. The van der Waals surface area contributed by atoms with E-state index in [1.807, 2.05) is 43.3 Å². The van der Waals surface area contributed by atoms with Crippen molar-refractivity contribution in [2.75, 3.05) is 5.32 Å². The second kappa shape index (κ2) is 6.78. The van der Waals surface area contributed by atoms with Gasteiger partial charge in [0.2, 0.25) is 5.91 Å². The fourth-order valence-corrected chi connectivity index (χ4v) is 2.33. The Balaban J connectivity index is 1.82. The van der Waals surface area contributed by atoms with E-state index in [1.165, 1.54) is 0 Å². The van der Waals surface area contributed by atoms with Gasteiger partial charge in [-0.3, -0.25) is 9.78 Å². The molecular weight excluding hydrogens is 292 g/mol. The zero-order chi connectivity index (χ0) is 16.1. The maximum Gasteiger partial charge on any atom is 0.235 e. The number of benzene rings is 1. The largest absolute Gasteiger partial charge is 0.325 e. The van der Waals surface area contributed by atoms with Crippen LogP contribution in [-0.4, -0.2) is 31.5 Å². The number of rotatable bonds is 5. The van der Waals surface area contributed by atoms with Crippen LogP contribution in [0.1, 0.15) is 22.9 Å². The number of hydrogen-bond acceptors (Lipinski definition) is 5. The van der Waals surface area contributed by atoms with Crippen LogP contribution in [-0.2, 0) is 11.2 Å². The number of H-pyrrole nitrogens is 1. The van der Waals surface area contributed by atoms with Crippen molar-refractivity contribution in [2.45, 2.75) is 19.3 Å². The standard InChI is InChI=1S/C16H16N6O/c1-11-3-2-4-13(9-11)18-16(23)14(15-19-21-22-20-15)10-12-5-7-17-8-6-12/h2-9,14H,10H2,1H3,(H,18,23)(H,19,20,21,22)/t14-/m0/s1. The smallest absolute Gasteiger partial charge is 0.235 e. The van der Waals surface area contributed by atoms with Crippen LogP contribution in [0.3, 0.4) is 0 Å². The first-order valence-electron chi connectivity index (χ1n) is 7.22. The minimum Gasteiger partial charge on any atom is -0.325 e. The predicted molar refractivity (Wildman–Crippen MR) is 84.7 cm³/mol. The van der Waals surface area contributed by atoms with Crippen molar-refractivity contribution in [1.82, 2.24) is 25.6 Å². The van der Waals surface area contributed by atoms with Crippen LogP contribution in [0.25, 0.3) is 0 Å². The molecule has 0 saturated carbocycles. The molecule has 3 aromatic rings. The van der Waals surface area contributed by atoms with Crippen molar-refractivity contribution in [1.29, 1.82) is 0 Å². The van der Waals surface area contributed by atoms with Gasteiger partial charge in [0.15, 0.2) is 5.82 Å². The number of aromatic nitrogens is 5. The highest BCUT2D eigenvalue weighted by molar-refractivity contribution is 5.95. The van der Waals surface area contributed by atoms with Crippen LogP contribution in [0.5, 0.6) is 0 Å². The molecule has 7 nitrogen and oxygen atoms in total. The highest BCUT2D eigenvalue weighted by Gasteiger charge is 2.25. The number of amides is 1. The van der Waals surface area contributed by atoms with E-state index < -0.39 is 5.92 Å². The molecule has 1 amide bonds. The highest BCUT2D eigenvalue weighted by Crippen LogP contribution is 2.20. The molecule has 1 atom stereocenters. The fraction of sp³-hybridized carbons (Fsp3) is 0.188. The molecule has 0 aliphatic heterocycles. The monoisotopic (exact) mass is 308 g/mol. The van der Waals surface area contributed by atoms with Gasteiger partial charge >= 0.3 is 0 Å². The Morgan fingerprint density at radius 1 is 1.26 bits per heavy atom. The van der Waals surface area contributed by atoms with E-state index in [0.29, 0.717) is 12.2 Å². The Bertz CT molecular complexity index is 772. The molecule has 0 spiro atoms. The summed E-state index contributed by atoms with van der Waals surface area (Å²) in [4.78, 5) is 16.7. The Morgan fingerprint density at radius 3 is 2.78 bits per heavy atom. The van der Waals surface area contributed by atoms with Gasteiger partial charge in [0.25, 0.3) is 0 Å². The maximum atomic E-state index is 12.7. The highest BCUT2D eigenvalue weighted by atomic mass is 16.1. The predicted octanol–water partition coefficient (Wildman–Crippen LogP) is 1.87. The summed E-state index contributed by atoms with van der Waals surface area (Å²) in [6, 6.07) is 11.4. The fourth-order valence-electron chi connectivity index (χ4n) is 2.33. The van der Waals surface area contributed by atoms with Gasteiger partial charge in [-0.05, 0) is 48.7 Å². The first-order chi connectivity index (χ1) is 11.2. The summed E-state index contributed by atoms with van der Waals surface area (Å²) in [6.45, 7) is 1.98. The number of carbonyl (C=O) groups excluding carboxylic acids is 1. The van der Waals surface area contributed by atoms with Crippen molar-refractivity contribution >= 4 is 11.6 Å². The summed E-state index contributed by atoms with van der Waals surface area (Å²) in [6.07, 6.45) is 3.86. The van der Waals surface area contributed by atoms with Gasteiger partial charge in [-0.15, -0.1) is 10.2 Å². The lowest BCUT2D eigenvalue weighted by Gasteiger charge is -2.14. The Kier molecular flexibility index (Phi) is 4.37. The van der Waals surface area contributed by atoms with Crippen molar-refractivity contribution in [2.24, 2.45) is 0 Å². The Labute approximate surface area is 133 Å². The summed E-state index contributed by atoms with van der Waals surface area (Å²) in [5.74, 6) is -0.336. The molecule has 0 unspecified atom stereocenters. The molecule has 1 aromatic carbocycles. The molecule has 23 heavy (non-hydrogen) atoms. The van der Waals surface area contributed by atoms with Crippen LogP contribution < -0.4 is 5.32 Å². The zero-order valence-corrected chi connectivity index (χ0v) is 12.6. The summed E-state index contributed by atoms with van der Waals surface area (Å²) >= 11 is 0. The minimum atomic E-state index is -0.531.